The molecule has 0 saturated heterocycles. The summed E-state index contributed by atoms with van der Waals surface area (Å²) in [7, 11) is 0. The van der Waals surface area contributed by atoms with Crippen LogP contribution in [0, 0.1) is 19.3 Å². The molecule has 48 heavy (non-hydrogen) atoms. The number of hydrogen-bond donors (Lipinski definition) is 2. The zero-order valence-electron chi connectivity index (χ0n) is 28.4. The number of ether oxygens (including phenoxy) is 1. The van der Waals surface area contributed by atoms with Crippen molar-refractivity contribution in [3.05, 3.63) is 101 Å². The topological polar surface area (TPSA) is 114 Å². The molecule has 0 radical (unpaired) electrons. The van der Waals surface area contributed by atoms with Crippen molar-refractivity contribution in [2.24, 2.45) is 5.41 Å². The standard InChI is InChI=1S/C39H46N4O5/c1-5-39(6-2,38(46)47)26-40-37(45)30-14-8-13-29(22-30)24-42-25-31(23-41-42)32-15-9-17-34-33(32)16-10-20-43(34)36(44)19-11-21-48-35-18-7-12-27(3)28(35)4/h7-9,12-15,17-18,22-23,25H,5-6,10-11,16,19-21,24,26H2,1-4H3,(H,40,45)(H,46,47). The first-order valence-electron chi connectivity index (χ1n) is 16.9. The Morgan fingerprint density at radius 3 is 2.56 bits per heavy atom. The van der Waals surface area contributed by atoms with E-state index in [4.69, 9.17) is 4.74 Å². The molecule has 0 bridgehead atoms. The number of anilines is 1. The van der Waals surface area contributed by atoms with Gasteiger partial charge in [-0.3, -0.25) is 19.1 Å². The third-order valence-electron chi connectivity index (χ3n) is 9.77. The van der Waals surface area contributed by atoms with E-state index in [1.165, 1.54) is 5.56 Å². The minimum absolute atomic E-state index is 0.0769. The number of amides is 2. The van der Waals surface area contributed by atoms with Gasteiger partial charge in [0.15, 0.2) is 0 Å². The van der Waals surface area contributed by atoms with Crippen LogP contribution in [0.1, 0.15) is 78.6 Å². The van der Waals surface area contributed by atoms with Gasteiger partial charge in [-0.05, 0) is 98.0 Å². The second-order valence-electron chi connectivity index (χ2n) is 12.7. The molecule has 0 unspecified atom stereocenters. The molecule has 252 valence electrons. The van der Waals surface area contributed by atoms with E-state index < -0.39 is 11.4 Å². The summed E-state index contributed by atoms with van der Waals surface area (Å²) in [6.07, 6.45) is 7.55. The molecular formula is C39H46N4O5. The second-order valence-corrected chi connectivity index (χ2v) is 12.7. The van der Waals surface area contributed by atoms with Crippen LogP contribution < -0.4 is 15.0 Å². The number of benzene rings is 3. The number of carbonyl (C=O) groups excluding carboxylic acids is 2. The van der Waals surface area contributed by atoms with Gasteiger partial charge in [0.2, 0.25) is 5.91 Å². The van der Waals surface area contributed by atoms with Gasteiger partial charge in [-0.15, -0.1) is 0 Å². The maximum Gasteiger partial charge on any atom is 0.311 e. The van der Waals surface area contributed by atoms with Crippen molar-refractivity contribution in [3.8, 4) is 16.9 Å². The molecule has 3 aromatic carbocycles. The largest absolute Gasteiger partial charge is 0.493 e. The molecule has 0 saturated carbocycles. The van der Waals surface area contributed by atoms with Gasteiger partial charge >= 0.3 is 5.97 Å². The summed E-state index contributed by atoms with van der Waals surface area (Å²) in [6.45, 7) is 9.51. The maximum atomic E-state index is 13.4. The van der Waals surface area contributed by atoms with Gasteiger partial charge in [0, 0.05) is 42.5 Å². The van der Waals surface area contributed by atoms with Crippen LogP contribution >= 0.6 is 0 Å². The fourth-order valence-corrected chi connectivity index (χ4v) is 6.39. The number of fused-ring (bicyclic) bond motifs is 1. The number of aromatic nitrogens is 2. The molecule has 2 heterocycles. The van der Waals surface area contributed by atoms with Crippen LogP contribution in [0.5, 0.6) is 5.75 Å². The third-order valence-corrected chi connectivity index (χ3v) is 9.77. The number of carboxylic acids is 1. The Bertz CT molecular complexity index is 1770. The SMILES string of the molecule is CCC(CC)(CNC(=O)c1cccc(Cn2cc(-c3cccc4c3CCCN4C(=O)CCCOc3cccc(C)c3C)cn2)c1)C(=O)O. The molecule has 4 aromatic rings. The van der Waals surface area contributed by atoms with Gasteiger partial charge in [-0.1, -0.05) is 50.2 Å². The lowest BCUT2D eigenvalue weighted by Crippen LogP contribution is -2.42. The highest BCUT2D eigenvalue weighted by molar-refractivity contribution is 5.96. The van der Waals surface area contributed by atoms with Crippen LogP contribution in [0.25, 0.3) is 11.1 Å². The fraction of sp³-hybridized carbons (Fsp3) is 0.385. The van der Waals surface area contributed by atoms with Crippen molar-refractivity contribution in [2.45, 2.75) is 72.8 Å². The van der Waals surface area contributed by atoms with Gasteiger partial charge < -0.3 is 20.1 Å². The van der Waals surface area contributed by atoms with Crippen molar-refractivity contribution in [2.75, 3.05) is 24.6 Å². The van der Waals surface area contributed by atoms with Crippen LogP contribution in [0.4, 0.5) is 5.69 Å². The Morgan fingerprint density at radius 2 is 1.79 bits per heavy atom. The molecule has 1 aliphatic rings. The van der Waals surface area contributed by atoms with Gasteiger partial charge in [-0.2, -0.15) is 5.10 Å². The molecule has 0 aliphatic carbocycles. The molecule has 1 aliphatic heterocycles. The first-order valence-corrected chi connectivity index (χ1v) is 16.9. The van der Waals surface area contributed by atoms with E-state index in [1.807, 2.05) is 78.3 Å². The summed E-state index contributed by atoms with van der Waals surface area (Å²) in [5.41, 5.74) is 6.88. The highest BCUT2D eigenvalue weighted by Gasteiger charge is 2.35. The number of carbonyl (C=O) groups is 3. The Hall–Kier alpha value is -4.92. The van der Waals surface area contributed by atoms with Crippen molar-refractivity contribution in [3.63, 3.8) is 0 Å². The molecular weight excluding hydrogens is 604 g/mol. The molecule has 2 N–H and O–H groups in total. The first-order chi connectivity index (χ1) is 23.2. The summed E-state index contributed by atoms with van der Waals surface area (Å²) in [4.78, 5) is 40.1. The monoisotopic (exact) mass is 650 g/mol. The quantitative estimate of drug-likeness (QED) is 0.143. The van der Waals surface area contributed by atoms with E-state index in [0.717, 1.165) is 52.1 Å². The summed E-state index contributed by atoms with van der Waals surface area (Å²) in [6, 6.07) is 19.5. The van der Waals surface area contributed by atoms with Gasteiger partial charge in [0.1, 0.15) is 5.75 Å². The molecule has 9 nitrogen and oxygen atoms in total. The Kier molecular flexibility index (Phi) is 11.0. The lowest BCUT2D eigenvalue weighted by atomic mass is 9.82. The molecule has 1 aromatic heterocycles. The minimum atomic E-state index is -0.976. The highest BCUT2D eigenvalue weighted by atomic mass is 16.5. The van der Waals surface area contributed by atoms with E-state index in [-0.39, 0.29) is 18.4 Å². The number of carboxylic acid groups (broad SMARTS) is 1. The Labute approximate surface area is 282 Å². The summed E-state index contributed by atoms with van der Waals surface area (Å²) in [5, 5.41) is 17.2. The predicted octanol–water partition coefficient (Wildman–Crippen LogP) is 6.97. The summed E-state index contributed by atoms with van der Waals surface area (Å²) >= 11 is 0. The molecule has 2 amide bonds. The van der Waals surface area contributed by atoms with E-state index >= 15 is 0 Å². The van der Waals surface area contributed by atoms with Crippen molar-refractivity contribution < 1.29 is 24.2 Å². The van der Waals surface area contributed by atoms with E-state index in [2.05, 4.69) is 36.4 Å². The third kappa shape index (κ3) is 7.62. The normalized spacial score (nSPS) is 12.8. The van der Waals surface area contributed by atoms with E-state index in [9.17, 15) is 19.5 Å². The summed E-state index contributed by atoms with van der Waals surface area (Å²) < 4.78 is 7.83. The van der Waals surface area contributed by atoms with E-state index in [0.29, 0.717) is 50.9 Å². The Morgan fingerprint density at radius 1 is 1.02 bits per heavy atom. The first kappa shape index (κ1) is 34.4. The van der Waals surface area contributed by atoms with Crippen LogP contribution in [0.15, 0.2) is 73.1 Å². The number of nitrogens with zero attached hydrogens (tertiary/aromatic N) is 3. The number of aliphatic carboxylic acids is 1. The maximum absolute atomic E-state index is 13.4. The van der Waals surface area contributed by atoms with Crippen LogP contribution in [0.2, 0.25) is 0 Å². The lowest BCUT2D eigenvalue weighted by molar-refractivity contribution is -0.149. The molecule has 9 heteroatoms. The van der Waals surface area contributed by atoms with E-state index in [1.54, 1.807) is 6.07 Å². The number of aryl methyl sites for hydroxylation is 1. The molecule has 5 rings (SSSR count). The van der Waals surface area contributed by atoms with Crippen molar-refractivity contribution in [1.82, 2.24) is 15.1 Å². The molecule has 0 spiro atoms. The van der Waals surface area contributed by atoms with Gasteiger partial charge in [-0.25, -0.2) is 0 Å². The smallest absolute Gasteiger partial charge is 0.311 e. The van der Waals surface area contributed by atoms with Gasteiger partial charge in [0.25, 0.3) is 5.91 Å². The predicted molar refractivity (Wildman–Crippen MR) is 188 cm³/mol. The Balaban J connectivity index is 1.22. The zero-order valence-corrected chi connectivity index (χ0v) is 28.4. The number of hydrogen-bond acceptors (Lipinski definition) is 5. The average Bonchev–Trinajstić information content (AvgIpc) is 3.56. The van der Waals surface area contributed by atoms with Crippen molar-refractivity contribution >= 4 is 23.5 Å². The van der Waals surface area contributed by atoms with Crippen molar-refractivity contribution in [1.29, 1.82) is 0 Å². The minimum Gasteiger partial charge on any atom is -0.493 e. The number of rotatable bonds is 14. The van der Waals surface area contributed by atoms with Gasteiger partial charge in [0.05, 0.1) is 24.8 Å². The fourth-order valence-electron chi connectivity index (χ4n) is 6.39. The van der Waals surface area contributed by atoms with Crippen LogP contribution in [-0.2, 0) is 22.6 Å². The second kappa shape index (κ2) is 15.3. The van der Waals surface area contributed by atoms with Crippen LogP contribution in [0.3, 0.4) is 0 Å². The molecule has 0 fully saturated rings. The highest BCUT2D eigenvalue weighted by Crippen LogP contribution is 2.36. The zero-order chi connectivity index (χ0) is 34.3. The van der Waals surface area contributed by atoms with Crippen LogP contribution in [-0.4, -0.2) is 52.4 Å². The number of nitrogens with one attached hydrogen (secondary N) is 1. The summed E-state index contributed by atoms with van der Waals surface area (Å²) in [5.74, 6) is -0.216. The molecule has 0 atom stereocenters. The lowest BCUT2D eigenvalue weighted by Gasteiger charge is -2.31. The average molecular weight is 651 g/mol.